The van der Waals surface area contributed by atoms with Crippen LogP contribution in [0.5, 0.6) is 0 Å². The zero-order valence-electron chi connectivity index (χ0n) is 10.8. The van der Waals surface area contributed by atoms with Crippen molar-refractivity contribution in [3.8, 4) is 0 Å². The molecule has 1 heterocycles. The minimum Gasteiger partial charge on any atom is -0.464 e. The van der Waals surface area contributed by atoms with Crippen LogP contribution >= 0.6 is 23.2 Å². The van der Waals surface area contributed by atoms with E-state index in [2.05, 4.69) is 11.9 Å². The van der Waals surface area contributed by atoms with Gasteiger partial charge in [-0.15, -0.1) is 23.2 Å². The third-order valence-electron chi connectivity index (χ3n) is 3.11. The summed E-state index contributed by atoms with van der Waals surface area (Å²) >= 11 is 11.8. The highest BCUT2D eigenvalue weighted by atomic mass is 35.5. The molecule has 0 aliphatic carbocycles. The third kappa shape index (κ3) is 3.53. The molecule has 0 bridgehead atoms. The lowest BCUT2D eigenvalue weighted by Crippen LogP contribution is -2.31. The second-order valence-corrected chi connectivity index (χ2v) is 5.71. The maximum Gasteiger partial charge on any atom is 0.134 e. The van der Waals surface area contributed by atoms with Crippen LogP contribution in [0.4, 0.5) is 0 Å². The van der Waals surface area contributed by atoms with Crippen molar-refractivity contribution in [2.24, 2.45) is 0 Å². The molecule has 0 aliphatic rings. The van der Waals surface area contributed by atoms with Crippen LogP contribution in [0.2, 0.25) is 0 Å². The molecule has 1 N–H and O–H groups in total. The molecule has 19 heavy (non-hydrogen) atoms. The first-order valence-corrected chi connectivity index (χ1v) is 7.17. The van der Waals surface area contributed by atoms with Gasteiger partial charge in [0.15, 0.2) is 0 Å². The van der Waals surface area contributed by atoms with Gasteiger partial charge in [0, 0.05) is 11.4 Å². The minimum absolute atomic E-state index is 0.0670. The van der Waals surface area contributed by atoms with Crippen LogP contribution in [0, 0.1) is 0 Å². The van der Waals surface area contributed by atoms with Crippen molar-refractivity contribution < 1.29 is 4.42 Å². The SMILES string of the molecule is C=C(c1ccc2ccoc2c1)C(CC(Cl)Cl)NCC. The van der Waals surface area contributed by atoms with Gasteiger partial charge in [0.25, 0.3) is 0 Å². The van der Waals surface area contributed by atoms with Gasteiger partial charge in [-0.25, -0.2) is 0 Å². The third-order valence-corrected chi connectivity index (χ3v) is 3.47. The highest BCUT2D eigenvalue weighted by Gasteiger charge is 2.17. The van der Waals surface area contributed by atoms with Crippen LogP contribution in [0.1, 0.15) is 18.9 Å². The molecule has 4 heteroatoms. The lowest BCUT2D eigenvalue weighted by Gasteiger charge is -2.21. The molecule has 1 aromatic carbocycles. The number of halogens is 2. The van der Waals surface area contributed by atoms with Crippen molar-refractivity contribution >= 4 is 39.7 Å². The Bertz CT molecular complexity index is 562. The molecule has 1 atom stereocenters. The number of likely N-dealkylation sites (N-methyl/N-ethyl adjacent to an activating group) is 1. The van der Waals surface area contributed by atoms with Crippen LogP contribution in [-0.2, 0) is 0 Å². The standard InChI is InChI=1S/C15H17Cl2NO/c1-3-18-13(9-15(16)17)10(2)12-5-4-11-6-7-19-14(11)8-12/h4-8,13,15,18H,2-3,9H2,1H3. The number of hydrogen-bond donors (Lipinski definition) is 1. The second-order valence-electron chi connectivity index (χ2n) is 4.44. The number of nitrogens with one attached hydrogen (secondary N) is 1. The van der Waals surface area contributed by atoms with E-state index >= 15 is 0 Å². The smallest absolute Gasteiger partial charge is 0.134 e. The maximum atomic E-state index is 5.88. The molecular weight excluding hydrogens is 281 g/mol. The van der Waals surface area contributed by atoms with Gasteiger partial charge in [-0.05, 0) is 36.2 Å². The average Bonchev–Trinajstić information content (AvgIpc) is 2.84. The minimum atomic E-state index is -0.409. The van der Waals surface area contributed by atoms with Crippen LogP contribution in [0.3, 0.4) is 0 Å². The predicted octanol–water partition coefficient (Wildman–Crippen LogP) is 4.62. The van der Waals surface area contributed by atoms with Crippen molar-refractivity contribution in [1.82, 2.24) is 5.32 Å². The zero-order valence-corrected chi connectivity index (χ0v) is 12.3. The fraction of sp³-hybridized carbons (Fsp3) is 0.333. The van der Waals surface area contributed by atoms with Gasteiger partial charge >= 0.3 is 0 Å². The summed E-state index contributed by atoms with van der Waals surface area (Å²) in [7, 11) is 0. The monoisotopic (exact) mass is 297 g/mol. The molecule has 0 aliphatic heterocycles. The number of benzene rings is 1. The van der Waals surface area contributed by atoms with Gasteiger partial charge in [0.2, 0.25) is 0 Å². The van der Waals surface area contributed by atoms with Gasteiger partial charge in [0.05, 0.1) is 6.26 Å². The maximum absolute atomic E-state index is 5.88. The van der Waals surface area contributed by atoms with Crippen LogP contribution in [-0.4, -0.2) is 17.4 Å². The summed E-state index contributed by atoms with van der Waals surface area (Å²) < 4.78 is 5.42. The van der Waals surface area contributed by atoms with Crippen LogP contribution in [0.25, 0.3) is 16.5 Å². The Labute approximate surface area is 123 Å². The predicted molar refractivity (Wildman–Crippen MR) is 82.8 cm³/mol. The summed E-state index contributed by atoms with van der Waals surface area (Å²) in [5.74, 6) is 0. The fourth-order valence-electron chi connectivity index (χ4n) is 2.13. The van der Waals surface area contributed by atoms with Gasteiger partial charge in [-0.3, -0.25) is 0 Å². The molecule has 2 nitrogen and oxygen atoms in total. The molecule has 1 unspecified atom stereocenters. The largest absolute Gasteiger partial charge is 0.464 e. The number of rotatable bonds is 6. The normalized spacial score (nSPS) is 13.1. The summed E-state index contributed by atoms with van der Waals surface area (Å²) in [6, 6.07) is 8.08. The molecule has 0 radical (unpaired) electrons. The van der Waals surface area contributed by atoms with E-state index in [9.17, 15) is 0 Å². The Kier molecular flexibility index (Phi) is 4.92. The molecule has 1 aromatic heterocycles. The molecule has 0 saturated heterocycles. The molecule has 0 fully saturated rings. The molecule has 102 valence electrons. The van der Waals surface area contributed by atoms with Crippen molar-refractivity contribution in [2.45, 2.75) is 24.2 Å². The molecule has 0 saturated carbocycles. The first-order valence-electron chi connectivity index (χ1n) is 6.29. The van der Waals surface area contributed by atoms with E-state index in [4.69, 9.17) is 27.6 Å². The van der Waals surface area contributed by atoms with Crippen molar-refractivity contribution in [2.75, 3.05) is 6.54 Å². The quantitative estimate of drug-likeness (QED) is 0.787. The molecule has 0 amide bonds. The Morgan fingerprint density at radius 2 is 2.16 bits per heavy atom. The van der Waals surface area contributed by atoms with E-state index in [0.717, 1.165) is 28.7 Å². The van der Waals surface area contributed by atoms with E-state index in [1.165, 1.54) is 0 Å². The summed E-state index contributed by atoms with van der Waals surface area (Å²) in [6.45, 7) is 7.06. The van der Waals surface area contributed by atoms with E-state index < -0.39 is 4.84 Å². The summed E-state index contributed by atoms with van der Waals surface area (Å²) in [5, 5.41) is 4.44. The molecule has 2 aromatic rings. The van der Waals surface area contributed by atoms with Gasteiger partial charge in [-0.2, -0.15) is 0 Å². The second kappa shape index (κ2) is 6.47. The lowest BCUT2D eigenvalue weighted by molar-refractivity contribution is 0.604. The van der Waals surface area contributed by atoms with Gasteiger partial charge in [-0.1, -0.05) is 25.6 Å². The molecular formula is C15H17Cl2NO. The summed E-state index contributed by atoms with van der Waals surface area (Å²) in [5.41, 5.74) is 2.89. The summed E-state index contributed by atoms with van der Waals surface area (Å²) in [6.07, 6.45) is 2.32. The van der Waals surface area contributed by atoms with Crippen LogP contribution < -0.4 is 5.32 Å². The highest BCUT2D eigenvalue weighted by molar-refractivity contribution is 6.44. The van der Waals surface area contributed by atoms with E-state index in [0.29, 0.717) is 6.42 Å². The first kappa shape index (κ1) is 14.4. The Balaban J connectivity index is 2.24. The number of alkyl halides is 2. The average molecular weight is 298 g/mol. The number of furan rings is 1. The Morgan fingerprint density at radius 3 is 2.84 bits per heavy atom. The highest BCUT2D eigenvalue weighted by Crippen LogP contribution is 2.26. The van der Waals surface area contributed by atoms with Crippen molar-refractivity contribution in [3.05, 3.63) is 42.7 Å². The Morgan fingerprint density at radius 1 is 1.37 bits per heavy atom. The van der Waals surface area contributed by atoms with E-state index in [1.807, 2.05) is 31.2 Å². The van der Waals surface area contributed by atoms with Crippen molar-refractivity contribution in [3.63, 3.8) is 0 Å². The molecule has 2 rings (SSSR count). The van der Waals surface area contributed by atoms with Gasteiger partial charge < -0.3 is 9.73 Å². The Hall–Kier alpha value is -0.960. The fourth-order valence-corrected chi connectivity index (χ4v) is 2.49. The summed E-state index contributed by atoms with van der Waals surface area (Å²) in [4.78, 5) is -0.409. The zero-order chi connectivity index (χ0) is 13.8. The lowest BCUT2D eigenvalue weighted by atomic mass is 9.97. The van der Waals surface area contributed by atoms with Crippen LogP contribution in [0.15, 0.2) is 41.5 Å². The van der Waals surface area contributed by atoms with Crippen molar-refractivity contribution in [1.29, 1.82) is 0 Å². The number of fused-ring (bicyclic) bond motifs is 1. The van der Waals surface area contributed by atoms with E-state index in [-0.39, 0.29) is 6.04 Å². The number of hydrogen-bond acceptors (Lipinski definition) is 2. The van der Waals surface area contributed by atoms with E-state index in [1.54, 1.807) is 6.26 Å². The molecule has 0 spiro atoms. The topological polar surface area (TPSA) is 25.2 Å². The van der Waals surface area contributed by atoms with Gasteiger partial charge in [0.1, 0.15) is 10.4 Å². The first-order chi connectivity index (χ1) is 9.11.